The number of aldehydes is 1. The van der Waals surface area contributed by atoms with Crippen LogP contribution < -0.4 is 0 Å². The van der Waals surface area contributed by atoms with Gasteiger partial charge in [0.25, 0.3) is 0 Å². The molecule has 0 amide bonds. The zero-order chi connectivity index (χ0) is 14.3. The van der Waals surface area contributed by atoms with Gasteiger partial charge in [-0.15, -0.1) is 11.8 Å². The first kappa shape index (κ1) is 16.2. The van der Waals surface area contributed by atoms with Crippen LogP contribution in [0.2, 0.25) is 0 Å². The minimum Gasteiger partial charge on any atom is -0.381 e. The fraction of sp³-hybridized carbons (Fsp3) is 0.600. The van der Waals surface area contributed by atoms with Gasteiger partial charge in [0.1, 0.15) is 11.7 Å². The van der Waals surface area contributed by atoms with Gasteiger partial charge in [0.15, 0.2) is 0 Å². The monoisotopic (exact) mass is 281 g/mol. The summed E-state index contributed by atoms with van der Waals surface area (Å²) in [6.45, 7) is 9.12. The van der Waals surface area contributed by atoms with Crippen LogP contribution in [0.1, 0.15) is 26.7 Å². The highest BCUT2D eigenvalue weighted by atomic mass is 32.2. The van der Waals surface area contributed by atoms with Crippen molar-refractivity contribution in [3.05, 3.63) is 24.3 Å². The van der Waals surface area contributed by atoms with Gasteiger partial charge in [-0.25, -0.2) is 0 Å². The SMILES string of the molecule is C=C(C)C(/N=C(\C=C/C)C1(C=O)CCOCC1)SC. The third-order valence-corrected chi connectivity index (χ3v) is 4.30. The number of rotatable bonds is 6. The molecule has 1 saturated heterocycles. The normalized spacial score (nSPS) is 21.3. The van der Waals surface area contributed by atoms with Crippen molar-refractivity contribution in [1.82, 2.24) is 0 Å². The second-order valence-corrected chi connectivity index (χ2v) is 5.75. The number of carbonyl (C=O) groups excluding carboxylic acids is 1. The molecule has 0 aromatic rings. The first-order valence-electron chi connectivity index (χ1n) is 6.53. The fourth-order valence-electron chi connectivity index (χ4n) is 2.16. The van der Waals surface area contributed by atoms with Crippen molar-refractivity contribution in [2.45, 2.75) is 32.1 Å². The van der Waals surface area contributed by atoms with Gasteiger partial charge in [-0.1, -0.05) is 12.7 Å². The first-order chi connectivity index (χ1) is 9.09. The second kappa shape index (κ2) is 7.65. The number of carbonyl (C=O) groups is 1. The first-order valence-corrected chi connectivity index (χ1v) is 7.81. The van der Waals surface area contributed by atoms with Crippen molar-refractivity contribution >= 4 is 23.8 Å². The number of allylic oxidation sites excluding steroid dienone is 2. The summed E-state index contributed by atoms with van der Waals surface area (Å²) < 4.78 is 5.37. The van der Waals surface area contributed by atoms with Crippen molar-refractivity contribution in [3.8, 4) is 0 Å². The van der Waals surface area contributed by atoms with E-state index in [0.717, 1.165) is 17.6 Å². The summed E-state index contributed by atoms with van der Waals surface area (Å²) in [7, 11) is 0. The molecule has 0 radical (unpaired) electrons. The third kappa shape index (κ3) is 4.05. The lowest BCUT2D eigenvalue weighted by Crippen LogP contribution is -2.38. The maximum atomic E-state index is 11.6. The number of aliphatic imine (C=N–C) groups is 1. The van der Waals surface area contributed by atoms with Crippen LogP contribution in [0.5, 0.6) is 0 Å². The zero-order valence-corrected chi connectivity index (χ0v) is 12.8. The van der Waals surface area contributed by atoms with Crippen LogP contribution in [0.25, 0.3) is 0 Å². The van der Waals surface area contributed by atoms with Gasteiger partial charge in [0, 0.05) is 18.9 Å². The Morgan fingerprint density at radius 3 is 2.53 bits per heavy atom. The molecule has 19 heavy (non-hydrogen) atoms. The standard InChI is InChI=1S/C15H23NO2S/c1-5-6-13(16-14(19-4)12(2)3)15(11-17)7-9-18-10-8-15/h5-6,11,14H,2,7-10H2,1,3-4H3/b6-5-,16-13+. The van der Waals surface area contributed by atoms with E-state index in [4.69, 9.17) is 9.73 Å². The molecular weight excluding hydrogens is 258 g/mol. The lowest BCUT2D eigenvalue weighted by Gasteiger charge is -2.33. The molecule has 0 N–H and O–H groups in total. The van der Waals surface area contributed by atoms with E-state index in [1.54, 1.807) is 11.8 Å². The largest absolute Gasteiger partial charge is 0.381 e. The molecule has 106 valence electrons. The number of nitrogens with zero attached hydrogens (tertiary/aromatic N) is 1. The Hall–Kier alpha value is -0.870. The number of thioether (sulfide) groups is 1. The minimum atomic E-state index is -0.492. The smallest absolute Gasteiger partial charge is 0.132 e. The summed E-state index contributed by atoms with van der Waals surface area (Å²) in [5.74, 6) is 0. The highest BCUT2D eigenvalue weighted by Gasteiger charge is 2.36. The van der Waals surface area contributed by atoms with Crippen molar-refractivity contribution in [3.63, 3.8) is 0 Å². The number of hydrogen-bond donors (Lipinski definition) is 0. The highest BCUT2D eigenvalue weighted by Crippen LogP contribution is 2.32. The molecule has 0 aromatic heterocycles. The van der Waals surface area contributed by atoms with Gasteiger partial charge in [-0.2, -0.15) is 0 Å². The average molecular weight is 281 g/mol. The summed E-state index contributed by atoms with van der Waals surface area (Å²) in [6.07, 6.45) is 8.35. The molecule has 0 aliphatic carbocycles. The van der Waals surface area contributed by atoms with E-state index >= 15 is 0 Å². The van der Waals surface area contributed by atoms with E-state index in [1.165, 1.54) is 0 Å². The van der Waals surface area contributed by atoms with E-state index in [-0.39, 0.29) is 5.37 Å². The lowest BCUT2D eigenvalue weighted by atomic mass is 9.77. The van der Waals surface area contributed by atoms with Crippen LogP contribution in [0.3, 0.4) is 0 Å². The van der Waals surface area contributed by atoms with Gasteiger partial charge in [0.2, 0.25) is 0 Å². The predicted molar refractivity (Wildman–Crippen MR) is 82.9 cm³/mol. The molecule has 0 spiro atoms. The molecule has 1 aliphatic heterocycles. The van der Waals surface area contributed by atoms with Gasteiger partial charge in [0.05, 0.1) is 5.41 Å². The molecule has 4 heteroatoms. The van der Waals surface area contributed by atoms with Crippen LogP contribution in [0, 0.1) is 5.41 Å². The Kier molecular flexibility index (Phi) is 6.52. The third-order valence-electron chi connectivity index (χ3n) is 3.35. The number of hydrogen-bond acceptors (Lipinski definition) is 4. The van der Waals surface area contributed by atoms with E-state index < -0.39 is 5.41 Å². The molecular formula is C15H23NO2S. The van der Waals surface area contributed by atoms with Crippen LogP contribution in [-0.2, 0) is 9.53 Å². The maximum Gasteiger partial charge on any atom is 0.132 e. The summed E-state index contributed by atoms with van der Waals surface area (Å²) in [5, 5.41) is 0.00544. The Morgan fingerprint density at radius 1 is 1.47 bits per heavy atom. The average Bonchev–Trinajstić information content (AvgIpc) is 2.43. The van der Waals surface area contributed by atoms with Crippen molar-refractivity contribution in [2.24, 2.45) is 10.4 Å². The Morgan fingerprint density at radius 2 is 2.11 bits per heavy atom. The Bertz CT molecular complexity index is 382. The van der Waals surface area contributed by atoms with Gasteiger partial charge in [-0.3, -0.25) is 4.99 Å². The van der Waals surface area contributed by atoms with Crippen LogP contribution in [0.15, 0.2) is 29.3 Å². The van der Waals surface area contributed by atoms with E-state index in [0.29, 0.717) is 26.1 Å². The van der Waals surface area contributed by atoms with Gasteiger partial charge >= 0.3 is 0 Å². The summed E-state index contributed by atoms with van der Waals surface area (Å²) in [5.41, 5.74) is 1.37. The van der Waals surface area contributed by atoms with Crippen molar-refractivity contribution in [2.75, 3.05) is 19.5 Å². The van der Waals surface area contributed by atoms with E-state index in [2.05, 4.69) is 6.58 Å². The van der Waals surface area contributed by atoms with Crippen LogP contribution >= 0.6 is 11.8 Å². The molecule has 1 heterocycles. The molecule has 1 atom stereocenters. The molecule has 0 saturated carbocycles. The molecule has 1 aliphatic rings. The van der Waals surface area contributed by atoms with E-state index in [9.17, 15) is 4.79 Å². The highest BCUT2D eigenvalue weighted by molar-refractivity contribution is 7.99. The molecule has 1 rings (SSSR count). The van der Waals surface area contributed by atoms with Crippen LogP contribution in [-0.4, -0.2) is 36.8 Å². The summed E-state index contributed by atoms with van der Waals surface area (Å²) in [6, 6.07) is 0. The van der Waals surface area contributed by atoms with Crippen molar-refractivity contribution < 1.29 is 9.53 Å². The Labute approximate surface area is 120 Å². The summed E-state index contributed by atoms with van der Waals surface area (Å²) >= 11 is 1.64. The topological polar surface area (TPSA) is 38.7 Å². The molecule has 0 aromatic carbocycles. The fourth-order valence-corrected chi connectivity index (χ4v) is 2.78. The van der Waals surface area contributed by atoms with Crippen LogP contribution in [0.4, 0.5) is 0 Å². The maximum absolute atomic E-state index is 11.6. The molecule has 3 nitrogen and oxygen atoms in total. The van der Waals surface area contributed by atoms with E-state index in [1.807, 2.05) is 32.3 Å². The lowest BCUT2D eigenvalue weighted by molar-refractivity contribution is -0.116. The van der Waals surface area contributed by atoms with Crippen molar-refractivity contribution in [1.29, 1.82) is 0 Å². The quantitative estimate of drug-likeness (QED) is 0.426. The second-order valence-electron chi connectivity index (χ2n) is 4.84. The Balaban J connectivity index is 3.13. The molecule has 0 bridgehead atoms. The molecule has 1 unspecified atom stereocenters. The molecule has 1 fully saturated rings. The van der Waals surface area contributed by atoms with Gasteiger partial charge < -0.3 is 9.53 Å². The zero-order valence-electron chi connectivity index (χ0n) is 12.0. The summed E-state index contributed by atoms with van der Waals surface area (Å²) in [4.78, 5) is 16.4. The van der Waals surface area contributed by atoms with Gasteiger partial charge in [-0.05, 0) is 44.6 Å². The number of ether oxygens (including phenoxy) is 1. The minimum absolute atomic E-state index is 0.00544. The predicted octanol–water partition coefficient (Wildman–Crippen LogP) is 3.26.